The fraction of sp³-hybridized carbons (Fsp3) is 0.846. The van der Waals surface area contributed by atoms with Crippen molar-refractivity contribution in [1.82, 2.24) is 5.32 Å². The monoisotopic (exact) mass is 286 g/mol. The highest BCUT2D eigenvalue weighted by Gasteiger charge is 2.38. The Morgan fingerprint density at radius 3 is 3.05 bits per heavy atom. The number of nitrogens with one attached hydrogen (secondary N) is 1. The van der Waals surface area contributed by atoms with Crippen LogP contribution in [0.5, 0.6) is 0 Å². The summed E-state index contributed by atoms with van der Waals surface area (Å²) in [5, 5.41) is 4.56. The summed E-state index contributed by atoms with van der Waals surface area (Å²) in [6.45, 7) is 4.63. The quantitative estimate of drug-likeness (QED) is 0.614. The molecular weight excluding hydrogens is 264 g/mol. The predicted molar refractivity (Wildman–Crippen MR) is 76.5 cm³/mol. The molecule has 0 aromatic rings. The Morgan fingerprint density at radius 1 is 1.53 bits per heavy atom. The molecule has 1 spiro atoms. The third kappa shape index (κ3) is 4.38. The highest BCUT2D eigenvalue weighted by molar-refractivity contribution is 8.14. The fourth-order valence-electron chi connectivity index (χ4n) is 2.26. The minimum Gasteiger partial charge on any atom is -0.466 e. The van der Waals surface area contributed by atoms with Gasteiger partial charge in [0.1, 0.15) is 0 Å². The van der Waals surface area contributed by atoms with Gasteiger partial charge in [-0.1, -0.05) is 11.8 Å². The summed E-state index contributed by atoms with van der Waals surface area (Å²) in [5.41, 5.74) is 0.197. The first-order valence-electron chi connectivity index (χ1n) is 6.93. The molecule has 0 radical (unpaired) electrons. The summed E-state index contributed by atoms with van der Waals surface area (Å²) in [5.74, 6) is 0.947. The number of hydrogen-bond donors (Lipinski definition) is 1. The number of carbonyl (C=O) groups excluding carboxylic acids is 1. The first-order chi connectivity index (χ1) is 9.24. The molecule has 1 N–H and O–H groups in total. The Balaban J connectivity index is 1.68. The molecule has 2 aliphatic rings. The second kappa shape index (κ2) is 7.14. The highest BCUT2D eigenvalue weighted by atomic mass is 32.2. The average Bonchev–Trinajstić information content (AvgIpc) is 2.79. The number of thioether (sulfide) groups is 1. The van der Waals surface area contributed by atoms with Gasteiger partial charge in [0.15, 0.2) is 5.17 Å². The predicted octanol–water partition coefficient (Wildman–Crippen LogP) is 1.57. The summed E-state index contributed by atoms with van der Waals surface area (Å²) in [7, 11) is 0. The SMILES string of the molecule is CCOC(=O)CCCN=C1NC2(CCOCC2)CS1. The lowest BCUT2D eigenvalue weighted by Crippen LogP contribution is -2.48. The van der Waals surface area contributed by atoms with Crippen molar-refractivity contribution in [2.45, 2.75) is 38.1 Å². The number of aliphatic imine (C=N–C) groups is 1. The number of ether oxygens (including phenoxy) is 2. The van der Waals surface area contributed by atoms with Gasteiger partial charge in [0.2, 0.25) is 0 Å². The zero-order valence-corrected chi connectivity index (χ0v) is 12.3. The van der Waals surface area contributed by atoms with Gasteiger partial charge < -0.3 is 14.8 Å². The summed E-state index contributed by atoms with van der Waals surface area (Å²) in [6, 6.07) is 0. The summed E-state index contributed by atoms with van der Waals surface area (Å²) in [4.78, 5) is 15.7. The Kier molecular flexibility index (Phi) is 5.51. The molecule has 2 aliphatic heterocycles. The molecule has 0 saturated carbocycles. The Labute approximate surface area is 118 Å². The third-order valence-electron chi connectivity index (χ3n) is 3.41. The molecule has 2 heterocycles. The van der Waals surface area contributed by atoms with E-state index in [0.717, 1.165) is 43.4 Å². The van der Waals surface area contributed by atoms with Crippen LogP contribution in [0.3, 0.4) is 0 Å². The molecule has 0 unspecified atom stereocenters. The number of esters is 1. The van der Waals surface area contributed by atoms with Crippen molar-refractivity contribution >= 4 is 22.9 Å². The zero-order valence-electron chi connectivity index (χ0n) is 11.4. The van der Waals surface area contributed by atoms with E-state index in [4.69, 9.17) is 9.47 Å². The molecule has 0 aromatic carbocycles. The van der Waals surface area contributed by atoms with Crippen LogP contribution in [-0.2, 0) is 14.3 Å². The molecule has 2 rings (SSSR count). The summed E-state index contributed by atoms with van der Waals surface area (Å²) in [6.07, 6.45) is 3.32. The molecule has 5 nitrogen and oxygen atoms in total. The van der Waals surface area contributed by atoms with E-state index in [9.17, 15) is 4.79 Å². The van der Waals surface area contributed by atoms with Crippen LogP contribution in [0.1, 0.15) is 32.6 Å². The van der Waals surface area contributed by atoms with E-state index in [-0.39, 0.29) is 11.5 Å². The summed E-state index contributed by atoms with van der Waals surface area (Å²) < 4.78 is 10.3. The smallest absolute Gasteiger partial charge is 0.305 e. The van der Waals surface area contributed by atoms with Gasteiger partial charge in [-0.25, -0.2) is 0 Å². The Bertz CT molecular complexity index is 341. The molecule has 6 heteroatoms. The normalized spacial score (nSPS) is 23.5. The van der Waals surface area contributed by atoms with Gasteiger partial charge in [-0.3, -0.25) is 9.79 Å². The van der Waals surface area contributed by atoms with Gasteiger partial charge in [-0.2, -0.15) is 0 Å². The van der Waals surface area contributed by atoms with Crippen molar-refractivity contribution in [2.75, 3.05) is 32.1 Å². The fourth-order valence-corrected chi connectivity index (χ4v) is 3.50. The van der Waals surface area contributed by atoms with Crippen LogP contribution >= 0.6 is 11.8 Å². The number of hydrogen-bond acceptors (Lipinski definition) is 5. The molecule has 2 saturated heterocycles. The van der Waals surface area contributed by atoms with Gasteiger partial charge in [0.25, 0.3) is 0 Å². The zero-order chi connectivity index (χ0) is 13.6. The Hall–Kier alpha value is -0.750. The lowest BCUT2D eigenvalue weighted by atomic mass is 9.93. The average molecular weight is 286 g/mol. The van der Waals surface area contributed by atoms with Gasteiger partial charge in [-0.05, 0) is 26.2 Å². The molecule has 2 fully saturated rings. The van der Waals surface area contributed by atoms with Gasteiger partial charge in [0, 0.05) is 31.9 Å². The molecule has 0 aliphatic carbocycles. The van der Waals surface area contributed by atoms with E-state index in [1.54, 1.807) is 11.8 Å². The molecule has 0 aromatic heterocycles. The van der Waals surface area contributed by atoms with Crippen LogP contribution in [0, 0.1) is 0 Å². The molecule has 0 bridgehead atoms. The van der Waals surface area contributed by atoms with Crippen LogP contribution < -0.4 is 5.32 Å². The Morgan fingerprint density at radius 2 is 2.32 bits per heavy atom. The van der Waals surface area contributed by atoms with Crippen LogP contribution in [-0.4, -0.2) is 48.8 Å². The van der Waals surface area contributed by atoms with Crippen LogP contribution in [0.2, 0.25) is 0 Å². The van der Waals surface area contributed by atoms with E-state index in [1.165, 1.54) is 0 Å². The highest BCUT2D eigenvalue weighted by Crippen LogP contribution is 2.31. The largest absolute Gasteiger partial charge is 0.466 e. The van der Waals surface area contributed by atoms with E-state index in [0.29, 0.717) is 19.6 Å². The number of amidine groups is 1. The number of rotatable bonds is 5. The third-order valence-corrected chi connectivity index (χ3v) is 4.61. The van der Waals surface area contributed by atoms with Crippen molar-refractivity contribution < 1.29 is 14.3 Å². The topological polar surface area (TPSA) is 59.9 Å². The summed E-state index contributed by atoms with van der Waals surface area (Å²) >= 11 is 1.78. The number of nitrogens with zero attached hydrogens (tertiary/aromatic N) is 1. The van der Waals surface area contributed by atoms with E-state index >= 15 is 0 Å². The minimum absolute atomic E-state index is 0.129. The molecular formula is C13H22N2O3S. The maximum atomic E-state index is 11.2. The molecule has 0 amide bonds. The second-order valence-corrected chi connectivity index (χ2v) is 5.87. The molecule has 0 atom stereocenters. The van der Waals surface area contributed by atoms with E-state index < -0.39 is 0 Å². The minimum atomic E-state index is -0.129. The van der Waals surface area contributed by atoms with Crippen LogP contribution in [0.25, 0.3) is 0 Å². The number of carbonyl (C=O) groups is 1. The van der Waals surface area contributed by atoms with Crippen LogP contribution in [0.15, 0.2) is 4.99 Å². The van der Waals surface area contributed by atoms with Crippen LogP contribution in [0.4, 0.5) is 0 Å². The first-order valence-corrected chi connectivity index (χ1v) is 7.91. The molecule has 108 valence electrons. The maximum Gasteiger partial charge on any atom is 0.305 e. The van der Waals surface area contributed by atoms with Crippen molar-refractivity contribution in [1.29, 1.82) is 0 Å². The van der Waals surface area contributed by atoms with Crippen molar-refractivity contribution in [3.05, 3.63) is 0 Å². The molecule has 19 heavy (non-hydrogen) atoms. The van der Waals surface area contributed by atoms with Gasteiger partial charge >= 0.3 is 5.97 Å². The van der Waals surface area contributed by atoms with E-state index in [2.05, 4.69) is 10.3 Å². The lowest BCUT2D eigenvalue weighted by molar-refractivity contribution is -0.143. The lowest BCUT2D eigenvalue weighted by Gasteiger charge is -2.32. The first kappa shape index (κ1) is 14.7. The van der Waals surface area contributed by atoms with Gasteiger partial charge in [0.05, 0.1) is 12.1 Å². The van der Waals surface area contributed by atoms with Crippen molar-refractivity contribution in [3.63, 3.8) is 0 Å². The second-order valence-electron chi connectivity index (χ2n) is 4.90. The van der Waals surface area contributed by atoms with Crippen molar-refractivity contribution in [2.24, 2.45) is 4.99 Å². The van der Waals surface area contributed by atoms with E-state index in [1.807, 2.05) is 6.92 Å². The van der Waals surface area contributed by atoms with Crippen molar-refractivity contribution in [3.8, 4) is 0 Å². The van der Waals surface area contributed by atoms with Gasteiger partial charge in [-0.15, -0.1) is 0 Å². The maximum absolute atomic E-state index is 11.2. The standard InChI is InChI=1S/C13H22N2O3S/c1-2-18-11(16)4-3-7-14-12-15-13(10-19-12)5-8-17-9-6-13/h2-10H2,1H3,(H,14,15).